The Balaban J connectivity index is 1.93. The monoisotopic (exact) mass is 429 g/mol. The Morgan fingerprint density at radius 3 is 2.48 bits per heavy atom. The Kier molecular flexibility index (Phi) is 5.65. The molecule has 1 aliphatic heterocycles. The number of carbonyl (C=O) groups is 2. The second kappa shape index (κ2) is 7.96. The predicted octanol–water partition coefficient (Wildman–Crippen LogP) is 3.98. The van der Waals surface area contributed by atoms with E-state index in [1.807, 2.05) is 48.5 Å². The highest BCUT2D eigenvalue weighted by atomic mass is 79.9. The van der Waals surface area contributed by atoms with Crippen molar-refractivity contribution in [3.05, 3.63) is 75.5 Å². The highest BCUT2D eigenvalue weighted by molar-refractivity contribution is 9.10. The number of Topliss-reactive ketones (excluding diaryl/α,β-unsaturated/α-hetero) is 1. The van der Waals surface area contributed by atoms with Crippen LogP contribution in [0.5, 0.6) is 5.75 Å². The van der Waals surface area contributed by atoms with E-state index in [0.29, 0.717) is 13.0 Å². The van der Waals surface area contributed by atoms with E-state index in [4.69, 9.17) is 4.74 Å². The first-order valence-corrected chi connectivity index (χ1v) is 9.35. The number of rotatable bonds is 6. The molecule has 0 saturated carbocycles. The third-order valence-electron chi connectivity index (χ3n) is 4.68. The van der Waals surface area contributed by atoms with E-state index >= 15 is 0 Å². The maximum Gasteiger partial charge on any atom is 0.290 e. The summed E-state index contributed by atoms with van der Waals surface area (Å²) in [6.45, 7) is 1.72. The lowest BCUT2D eigenvalue weighted by Gasteiger charge is -2.27. The van der Waals surface area contributed by atoms with E-state index < -0.39 is 17.7 Å². The number of carbonyl (C=O) groups excluding carboxylic acids is 2. The van der Waals surface area contributed by atoms with Crippen LogP contribution in [-0.4, -0.2) is 35.4 Å². The van der Waals surface area contributed by atoms with Gasteiger partial charge in [0.15, 0.2) is 11.5 Å². The Morgan fingerprint density at radius 1 is 1.19 bits per heavy atom. The molecule has 3 rings (SSSR count). The Bertz CT molecular complexity index is 905. The number of hydrogen-bond donors (Lipinski definition) is 1. The third-order valence-corrected chi connectivity index (χ3v) is 5.21. The summed E-state index contributed by atoms with van der Waals surface area (Å²) in [6.07, 6.45) is 0.543. The van der Waals surface area contributed by atoms with Crippen LogP contribution >= 0.6 is 15.9 Å². The number of benzene rings is 2. The molecule has 27 heavy (non-hydrogen) atoms. The molecule has 0 radical (unpaired) electrons. The number of aliphatic hydroxyl groups is 1. The van der Waals surface area contributed by atoms with Gasteiger partial charge in [-0.15, -0.1) is 0 Å². The van der Waals surface area contributed by atoms with Crippen molar-refractivity contribution >= 4 is 27.6 Å². The molecular formula is C21H20BrNO4. The van der Waals surface area contributed by atoms with Crippen molar-refractivity contribution in [1.82, 2.24) is 4.90 Å². The molecule has 0 aliphatic carbocycles. The topological polar surface area (TPSA) is 66.8 Å². The summed E-state index contributed by atoms with van der Waals surface area (Å²) < 4.78 is 6.27. The van der Waals surface area contributed by atoms with Crippen molar-refractivity contribution in [2.24, 2.45) is 0 Å². The summed E-state index contributed by atoms with van der Waals surface area (Å²) in [6, 6.07) is 14.4. The van der Waals surface area contributed by atoms with Gasteiger partial charge < -0.3 is 14.7 Å². The average Bonchev–Trinajstić information content (AvgIpc) is 2.92. The highest BCUT2D eigenvalue weighted by Crippen LogP contribution is 2.38. The zero-order valence-corrected chi connectivity index (χ0v) is 16.7. The summed E-state index contributed by atoms with van der Waals surface area (Å²) in [7, 11) is 1.60. The van der Waals surface area contributed by atoms with Gasteiger partial charge in [0.25, 0.3) is 5.91 Å². The molecule has 1 unspecified atom stereocenters. The van der Waals surface area contributed by atoms with Gasteiger partial charge in [0, 0.05) is 11.0 Å². The molecule has 0 aromatic heterocycles. The summed E-state index contributed by atoms with van der Waals surface area (Å²) in [5.74, 6) is -0.555. The number of aliphatic hydroxyl groups excluding tert-OH is 1. The summed E-state index contributed by atoms with van der Waals surface area (Å²) in [4.78, 5) is 26.4. The Morgan fingerprint density at radius 2 is 1.85 bits per heavy atom. The first-order chi connectivity index (χ1) is 12.9. The molecule has 1 aliphatic rings. The molecule has 0 saturated heterocycles. The maximum absolute atomic E-state index is 12.7. The number of nitrogens with zero attached hydrogens (tertiary/aromatic N) is 1. The second-order valence-electron chi connectivity index (χ2n) is 6.33. The number of ether oxygens (including phenoxy) is 1. The van der Waals surface area contributed by atoms with Crippen molar-refractivity contribution in [2.45, 2.75) is 19.4 Å². The van der Waals surface area contributed by atoms with Gasteiger partial charge in [0.2, 0.25) is 0 Å². The van der Waals surface area contributed by atoms with Gasteiger partial charge in [-0.3, -0.25) is 9.59 Å². The van der Waals surface area contributed by atoms with Crippen molar-refractivity contribution in [3.8, 4) is 5.75 Å². The fraction of sp³-hybridized carbons (Fsp3) is 0.238. The van der Waals surface area contributed by atoms with E-state index in [2.05, 4.69) is 15.9 Å². The van der Waals surface area contributed by atoms with Crippen LogP contribution in [0.2, 0.25) is 0 Å². The summed E-state index contributed by atoms with van der Waals surface area (Å²) in [5, 5.41) is 10.3. The van der Waals surface area contributed by atoms with Gasteiger partial charge in [-0.25, -0.2) is 0 Å². The number of hydrogen-bond acceptors (Lipinski definition) is 4. The standard InChI is InChI=1S/C21H20BrNO4/c1-13(24)18-19(15-7-9-16(22)10-8-15)23(21(26)20(18)25)12-11-14-5-3-4-6-17(14)27-2/h3-10,19,25H,11-12H2,1-2H3. The van der Waals surface area contributed by atoms with Crippen LogP contribution in [0, 0.1) is 0 Å². The lowest BCUT2D eigenvalue weighted by molar-refractivity contribution is -0.129. The molecule has 6 heteroatoms. The number of amides is 1. The fourth-order valence-corrected chi connectivity index (χ4v) is 3.65. The third kappa shape index (κ3) is 3.76. The maximum atomic E-state index is 12.7. The molecule has 0 bridgehead atoms. The molecular weight excluding hydrogens is 410 g/mol. The van der Waals surface area contributed by atoms with E-state index in [9.17, 15) is 14.7 Å². The van der Waals surface area contributed by atoms with E-state index in [1.54, 1.807) is 12.0 Å². The molecule has 1 N–H and O–H groups in total. The molecule has 2 aromatic carbocycles. The molecule has 140 valence electrons. The van der Waals surface area contributed by atoms with Crippen LogP contribution in [0.3, 0.4) is 0 Å². The quantitative estimate of drug-likeness (QED) is 0.753. The van der Waals surface area contributed by atoms with Gasteiger partial charge in [0.05, 0.1) is 18.7 Å². The Hall–Kier alpha value is -2.60. The number of ketones is 1. The normalized spacial score (nSPS) is 16.8. The fourth-order valence-electron chi connectivity index (χ4n) is 3.39. The lowest BCUT2D eigenvalue weighted by Crippen LogP contribution is -2.33. The molecule has 0 fully saturated rings. The van der Waals surface area contributed by atoms with Gasteiger partial charge in [-0.1, -0.05) is 46.3 Å². The number of halogens is 1. The average molecular weight is 430 g/mol. The smallest absolute Gasteiger partial charge is 0.290 e. The van der Waals surface area contributed by atoms with Crippen LogP contribution in [0.1, 0.15) is 24.1 Å². The van der Waals surface area contributed by atoms with Crippen molar-refractivity contribution < 1.29 is 19.4 Å². The molecule has 1 amide bonds. The van der Waals surface area contributed by atoms with Crippen LogP contribution in [0.15, 0.2) is 64.3 Å². The van der Waals surface area contributed by atoms with Crippen molar-refractivity contribution in [2.75, 3.05) is 13.7 Å². The van der Waals surface area contributed by atoms with Crippen LogP contribution in [0.4, 0.5) is 0 Å². The summed E-state index contributed by atoms with van der Waals surface area (Å²) in [5.41, 5.74) is 1.88. The van der Waals surface area contributed by atoms with Crippen LogP contribution in [-0.2, 0) is 16.0 Å². The van der Waals surface area contributed by atoms with Crippen molar-refractivity contribution in [1.29, 1.82) is 0 Å². The minimum atomic E-state index is -0.599. The zero-order chi connectivity index (χ0) is 19.6. The minimum Gasteiger partial charge on any atom is -0.503 e. The number of methoxy groups -OCH3 is 1. The van der Waals surface area contributed by atoms with Crippen LogP contribution in [0.25, 0.3) is 0 Å². The zero-order valence-electron chi connectivity index (χ0n) is 15.1. The van der Waals surface area contributed by atoms with Gasteiger partial charge in [-0.2, -0.15) is 0 Å². The van der Waals surface area contributed by atoms with E-state index in [1.165, 1.54) is 6.92 Å². The van der Waals surface area contributed by atoms with E-state index in [-0.39, 0.29) is 11.4 Å². The predicted molar refractivity (Wildman–Crippen MR) is 106 cm³/mol. The Labute approximate surface area is 166 Å². The van der Waals surface area contributed by atoms with Crippen LogP contribution < -0.4 is 4.74 Å². The van der Waals surface area contributed by atoms with E-state index in [0.717, 1.165) is 21.3 Å². The lowest BCUT2D eigenvalue weighted by atomic mass is 9.96. The highest BCUT2D eigenvalue weighted by Gasteiger charge is 2.42. The molecule has 5 nitrogen and oxygen atoms in total. The first-order valence-electron chi connectivity index (χ1n) is 8.56. The molecule has 1 atom stereocenters. The SMILES string of the molecule is COc1ccccc1CCN1C(=O)C(O)=C(C(C)=O)C1c1ccc(Br)cc1. The van der Waals surface area contributed by atoms with Gasteiger partial charge in [-0.05, 0) is 42.7 Å². The first kappa shape index (κ1) is 19.2. The molecule has 1 heterocycles. The van der Waals surface area contributed by atoms with Gasteiger partial charge in [0.1, 0.15) is 5.75 Å². The molecule has 2 aromatic rings. The second-order valence-corrected chi connectivity index (χ2v) is 7.25. The van der Waals surface area contributed by atoms with Crippen molar-refractivity contribution in [3.63, 3.8) is 0 Å². The largest absolute Gasteiger partial charge is 0.503 e. The molecule has 0 spiro atoms. The van der Waals surface area contributed by atoms with Gasteiger partial charge >= 0.3 is 0 Å². The number of para-hydroxylation sites is 1. The minimum absolute atomic E-state index is 0.141. The summed E-state index contributed by atoms with van der Waals surface area (Å²) >= 11 is 3.39.